The van der Waals surface area contributed by atoms with Crippen LogP contribution in [0.3, 0.4) is 0 Å². The van der Waals surface area contributed by atoms with E-state index >= 15 is 0 Å². The Bertz CT molecular complexity index is 3730. The molecule has 4 heteroatoms. The van der Waals surface area contributed by atoms with Crippen LogP contribution in [0.1, 0.15) is 25.0 Å². The summed E-state index contributed by atoms with van der Waals surface area (Å²) >= 11 is 3.77. The summed E-state index contributed by atoms with van der Waals surface area (Å²) in [6, 6.07) is 72.3. The van der Waals surface area contributed by atoms with Gasteiger partial charge in [0.05, 0.1) is 11.0 Å². The largest absolute Gasteiger partial charge is 0.310 e. The van der Waals surface area contributed by atoms with Gasteiger partial charge in [-0.15, -0.1) is 22.7 Å². The van der Waals surface area contributed by atoms with Gasteiger partial charge < -0.3 is 9.47 Å². The van der Waals surface area contributed by atoms with Crippen LogP contribution in [0.5, 0.6) is 0 Å². The Morgan fingerprint density at radius 3 is 1.90 bits per heavy atom. The van der Waals surface area contributed by atoms with E-state index in [1.807, 2.05) is 22.7 Å². The number of anilines is 3. The van der Waals surface area contributed by atoms with E-state index in [9.17, 15) is 0 Å². The van der Waals surface area contributed by atoms with Gasteiger partial charge in [-0.3, -0.25) is 0 Å². The lowest BCUT2D eigenvalue weighted by Crippen LogP contribution is -2.16. The van der Waals surface area contributed by atoms with E-state index in [1.54, 1.807) is 0 Å². The molecular formula is C57H38N2S2. The van der Waals surface area contributed by atoms with Crippen molar-refractivity contribution >= 4 is 102 Å². The molecule has 0 saturated heterocycles. The lowest BCUT2D eigenvalue weighted by atomic mass is 9.82. The minimum Gasteiger partial charge on any atom is -0.310 e. The Morgan fingerprint density at radius 1 is 0.410 bits per heavy atom. The number of aromatic nitrogens is 1. The molecule has 1 aliphatic carbocycles. The molecule has 0 fully saturated rings. The smallest absolute Gasteiger partial charge is 0.0548 e. The van der Waals surface area contributed by atoms with Gasteiger partial charge in [-0.05, 0) is 112 Å². The van der Waals surface area contributed by atoms with Crippen molar-refractivity contribution in [1.29, 1.82) is 0 Å². The summed E-state index contributed by atoms with van der Waals surface area (Å²) in [5.41, 5.74) is 14.8. The summed E-state index contributed by atoms with van der Waals surface area (Å²) < 4.78 is 7.74. The molecule has 13 rings (SSSR count). The van der Waals surface area contributed by atoms with Gasteiger partial charge in [-0.2, -0.15) is 0 Å². The third-order valence-electron chi connectivity index (χ3n) is 13.2. The third kappa shape index (κ3) is 5.07. The number of thiophene rings is 2. The maximum absolute atomic E-state index is 2.47. The minimum absolute atomic E-state index is 0.126. The average molecular weight is 815 g/mol. The van der Waals surface area contributed by atoms with Gasteiger partial charge in [0.15, 0.2) is 0 Å². The molecule has 288 valence electrons. The van der Waals surface area contributed by atoms with Crippen LogP contribution in [0.2, 0.25) is 0 Å². The molecule has 1 aliphatic rings. The highest BCUT2D eigenvalue weighted by atomic mass is 32.1. The number of nitrogens with zero attached hydrogens (tertiary/aromatic N) is 2. The molecule has 0 N–H and O–H groups in total. The maximum atomic E-state index is 2.47. The quantitative estimate of drug-likeness (QED) is 0.168. The molecule has 0 aliphatic heterocycles. The van der Waals surface area contributed by atoms with Crippen LogP contribution < -0.4 is 4.90 Å². The molecule has 61 heavy (non-hydrogen) atoms. The second kappa shape index (κ2) is 13.0. The predicted molar refractivity (Wildman–Crippen MR) is 264 cm³/mol. The number of hydrogen-bond donors (Lipinski definition) is 0. The van der Waals surface area contributed by atoms with Crippen molar-refractivity contribution < 1.29 is 0 Å². The van der Waals surface area contributed by atoms with Crippen LogP contribution in [0.15, 0.2) is 194 Å². The van der Waals surface area contributed by atoms with E-state index in [4.69, 9.17) is 0 Å². The molecule has 0 atom stereocenters. The summed E-state index contributed by atoms with van der Waals surface area (Å²) in [5, 5.41) is 7.84. The number of hydrogen-bond acceptors (Lipinski definition) is 3. The highest BCUT2D eigenvalue weighted by molar-refractivity contribution is 7.26. The summed E-state index contributed by atoms with van der Waals surface area (Å²) in [7, 11) is 0. The lowest BCUT2D eigenvalue weighted by molar-refractivity contribution is 0.660. The summed E-state index contributed by atoms with van der Waals surface area (Å²) in [6.45, 7) is 4.74. The summed E-state index contributed by atoms with van der Waals surface area (Å²) in [4.78, 5) is 2.47. The van der Waals surface area contributed by atoms with E-state index in [0.717, 1.165) is 22.7 Å². The minimum atomic E-state index is -0.126. The van der Waals surface area contributed by atoms with Crippen molar-refractivity contribution in [2.75, 3.05) is 4.90 Å². The maximum Gasteiger partial charge on any atom is 0.0548 e. The number of para-hydroxylation sites is 1. The molecule has 2 nitrogen and oxygen atoms in total. The van der Waals surface area contributed by atoms with Crippen molar-refractivity contribution in [1.82, 2.24) is 4.57 Å². The second-order valence-electron chi connectivity index (χ2n) is 16.9. The first-order chi connectivity index (χ1) is 30.0. The molecule has 0 radical (unpaired) electrons. The van der Waals surface area contributed by atoms with Gasteiger partial charge in [0.2, 0.25) is 0 Å². The zero-order chi connectivity index (χ0) is 40.4. The van der Waals surface area contributed by atoms with Gasteiger partial charge in [0.1, 0.15) is 0 Å². The Labute approximate surface area is 361 Å². The molecule has 0 spiro atoms. The van der Waals surface area contributed by atoms with Gasteiger partial charge in [0.25, 0.3) is 0 Å². The molecule has 0 saturated carbocycles. The van der Waals surface area contributed by atoms with Crippen LogP contribution in [-0.4, -0.2) is 4.57 Å². The Balaban J connectivity index is 1.05. The van der Waals surface area contributed by atoms with Gasteiger partial charge in [0, 0.05) is 79.3 Å². The molecule has 3 aromatic heterocycles. The standard InChI is InChI=1S/C57H38N2S2/c1-57(2)47-20-9-6-15-41(47)42-29-27-39(34-48(42)57)58(37-25-23-35(24-26-37)40-18-12-19-44-43-16-7-10-21-51(43)61-56(40)44)38-28-30-49-46(33-38)54-50(59(49)36-13-4-3-5-14-36)31-32-53-55(54)45-17-8-11-22-52(45)60-53/h3-34H,1-2H3. The highest BCUT2D eigenvalue weighted by Gasteiger charge is 2.36. The van der Waals surface area contributed by atoms with Crippen molar-refractivity contribution in [3.63, 3.8) is 0 Å². The SMILES string of the molecule is CC1(C)c2ccccc2-c2ccc(N(c3ccc(-c4cccc5c4sc4ccccc45)cc3)c3ccc4c(c3)c3c5c(ccc3n4-c3ccccc3)sc3ccccc35)cc21. The van der Waals surface area contributed by atoms with Crippen molar-refractivity contribution in [3.05, 3.63) is 205 Å². The van der Waals surface area contributed by atoms with Crippen molar-refractivity contribution in [2.45, 2.75) is 19.3 Å². The van der Waals surface area contributed by atoms with Gasteiger partial charge in [-0.25, -0.2) is 0 Å². The first-order valence-corrected chi connectivity index (χ1v) is 22.6. The molecule has 3 heterocycles. The Hall–Kier alpha value is -6.98. The molecule has 12 aromatic rings. The predicted octanol–water partition coefficient (Wildman–Crippen LogP) is 17.0. The molecule has 0 unspecified atom stereocenters. The Morgan fingerprint density at radius 2 is 1.05 bits per heavy atom. The fourth-order valence-corrected chi connectivity index (χ4v) is 12.7. The van der Waals surface area contributed by atoms with E-state index < -0.39 is 0 Å². The topological polar surface area (TPSA) is 8.17 Å². The zero-order valence-corrected chi connectivity index (χ0v) is 35.3. The first-order valence-electron chi connectivity index (χ1n) is 21.0. The first kappa shape index (κ1) is 34.8. The number of rotatable bonds is 5. The molecule has 9 aromatic carbocycles. The fourth-order valence-electron chi connectivity index (χ4n) is 10.4. The van der Waals surface area contributed by atoms with Crippen molar-refractivity contribution in [2.24, 2.45) is 0 Å². The molecule has 0 amide bonds. The monoisotopic (exact) mass is 814 g/mol. The van der Waals surface area contributed by atoms with E-state index in [-0.39, 0.29) is 5.41 Å². The molecule has 0 bridgehead atoms. The van der Waals surface area contributed by atoms with E-state index in [2.05, 4.69) is 217 Å². The van der Waals surface area contributed by atoms with Crippen LogP contribution in [-0.2, 0) is 5.41 Å². The summed E-state index contributed by atoms with van der Waals surface area (Å²) in [5.74, 6) is 0. The van der Waals surface area contributed by atoms with Gasteiger partial charge >= 0.3 is 0 Å². The zero-order valence-electron chi connectivity index (χ0n) is 33.7. The average Bonchev–Trinajstić information content (AvgIpc) is 4.03. The van der Waals surface area contributed by atoms with Crippen LogP contribution in [0.25, 0.3) is 90.1 Å². The van der Waals surface area contributed by atoms with Gasteiger partial charge in [-0.1, -0.05) is 129 Å². The number of fused-ring (bicyclic) bond motifs is 13. The van der Waals surface area contributed by atoms with Crippen molar-refractivity contribution in [3.8, 4) is 27.9 Å². The van der Waals surface area contributed by atoms with Crippen LogP contribution in [0, 0.1) is 0 Å². The van der Waals surface area contributed by atoms with Crippen LogP contribution >= 0.6 is 22.7 Å². The normalized spacial score (nSPS) is 13.2. The van der Waals surface area contributed by atoms with Crippen LogP contribution in [0.4, 0.5) is 17.1 Å². The van der Waals surface area contributed by atoms with E-state index in [1.165, 1.54) is 95.5 Å². The number of benzene rings is 9. The fraction of sp³-hybridized carbons (Fsp3) is 0.0526. The second-order valence-corrected chi connectivity index (χ2v) is 19.0. The highest BCUT2D eigenvalue weighted by Crippen LogP contribution is 2.52. The third-order valence-corrected chi connectivity index (χ3v) is 15.5. The van der Waals surface area contributed by atoms with E-state index in [0.29, 0.717) is 0 Å². The molecular weight excluding hydrogens is 777 g/mol. The lowest BCUT2D eigenvalue weighted by Gasteiger charge is -2.28. The Kier molecular flexibility index (Phi) is 7.43. The summed E-state index contributed by atoms with van der Waals surface area (Å²) in [6.07, 6.45) is 0.